The highest BCUT2D eigenvalue weighted by molar-refractivity contribution is 4.98. The molecule has 0 amide bonds. The molecule has 1 heteroatoms. The third-order valence-corrected chi connectivity index (χ3v) is 2.59. The average Bonchev–Trinajstić information content (AvgIpc) is 2.21. The molecule has 0 radical (unpaired) electrons. The average molecular weight is 195 g/mol. The van der Waals surface area contributed by atoms with E-state index < -0.39 is 0 Å². The van der Waals surface area contributed by atoms with Crippen molar-refractivity contribution in [3.8, 4) is 12.3 Å². The van der Waals surface area contributed by atoms with Gasteiger partial charge in [-0.2, -0.15) is 0 Å². The first-order chi connectivity index (χ1) is 6.74. The van der Waals surface area contributed by atoms with E-state index in [-0.39, 0.29) is 6.04 Å². The van der Waals surface area contributed by atoms with Gasteiger partial charge in [0, 0.05) is 6.04 Å². The lowest BCUT2D eigenvalue weighted by molar-refractivity contribution is 0.450. The van der Waals surface area contributed by atoms with Crippen molar-refractivity contribution in [3.05, 3.63) is 0 Å². The second kappa shape index (κ2) is 9.09. The van der Waals surface area contributed by atoms with Crippen LogP contribution in [0, 0.1) is 12.3 Å². The summed E-state index contributed by atoms with van der Waals surface area (Å²) in [6.07, 6.45) is 13.0. The Labute approximate surface area is 89.7 Å². The van der Waals surface area contributed by atoms with Gasteiger partial charge in [0.1, 0.15) is 0 Å². The van der Waals surface area contributed by atoms with Crippen molar-refractivity contribution < 1.29 is 0 Å². The van der Waals surface area contributed by atoms with Gasteiger partial charge in [0.15, 0.2) is 0 Å². The van der Waals surface area contributed by atoms with Crippen LogP contribution >= 0.6 is 0 Å². The van der Waals surface area contributed by atoms with E-state index >= 15 is 0 Å². The molecule has 0 saturated carbocycles. The molecule has 2 unspecified atom stereocenters. The van der Waals surface area contributed by atoms with Crippen LogP contribution in [0.15, 0.2) is 0 Å². The maximum absolute atomic E-state index is 5.40. The lowest BCUT2D eigenvalue weighted by Gasteiger charge is -2.17. The molecule has 0 aliphatic rings. The molecular formula is C13H25N. The number of hydrogen-bond donors (Lipinski definition) is 1. The standard InChI is InChI=1S/C13H25N/c1-5-8-9-10-11-12(4)14-13(6-2)7-3/h2,12-14H,5,7-11H2,1,3-4H3. The van der Waals surface area contributed by atoms with Gasteiger partial charge in [0.2, 0.25) is 0 Å². The Kier molecular flexibility index (Phi) is 8.78. The summed E-state index contributed by atoms with van der Waals surface area (Å²) in [4.78, 5) is 0. The Bertz CT molecular complexity index is 157. The molecule has 0 spiro atoms. The smallest absolute Gasteiger partial charge is 0.0686 e. The molecule has 0 heterocycles. The first-order valence-corrected chi connectivity index (χ1v) is 5.96. The summed E-state index contributed by atoms with van der Waals surface area (Å²) in [5.41, 5.74) is 0. The molecule has 2 atom stereocenters. The molecule has 0 fully saturated rings. The molecule has 0 aliphatic carbocycles. The van der Waals surface area contributed by atoms with E-state index in [1.165, 1.54) is 32.1 Å². The summed E-state index contributed by atoms with van der Waals surface area (Å²) in [7, 11) is 0. The maximum atomic E-state index is 5.40. The van der Waals surface area contributed by atoms with Crippen molar-refractivity contribution in [2.45, 2.75) is 71.4 Å². The van der Waals surface area contributed by atoms with Gasteiger partial charge in [-0.25, -0.2) is 0 Å². The Hall–Kier alpha value is -0.480. The largest absolute Gasteiger partial charge is 0.301 e. The highest BCUT2D eigenvalue weighted by atomic mass is 14.9. The second-order valence-corrected chi connectivity index (χ2v) is 4.04. The molecule has 0 rings (SSSR count). The first kappa shape index (κ1) is 13.5. The Morgan fingerprint density at radius 1 is 1.21 bits per heavy atom. The number of rotatable bonds is 8. The summed E-state index contributed by atoms with van der Waals surface area (Å²) < 4.78 is 0. The van der Waals surface area contributed by atoms with Gasteiger partial charge in [-0.05, 0) is 19.8 Å². The van der Waals surface area contributed by atoms with Crippen LogP contribution in [0.3, 0.4) is 0 Å². The van der Waals surface area contributed by atoms with Crippen LogP contribution in [-0.2, 0) is 0 Å². The van der Waals surface area contributed by atoms with Crippen LogP contribution in [0.1, 0.15) is 59.3 Å². The fraction of sp³-hybridized carbons (Fsp3) is 0.846. The van der Waals surface area contributed by atoms with E-state index in [9.17, 15) is 0 Å². The molecule has 0 aliphatic heterocycles. The third-order valence-electron chi connectivity index (χ3n) is 2.59. The Balaban J connectivity index is 3.45. The zero-order valence-electron chi connectivity index (χ0n) is 9.97. The van der Waals surface area contributed by atoms with Crippen molar-refractivity contribution in [2.75, 3.05) is 0 Å². The monoisotopic (exact) mass is 195 g/mol. The lowest BCUT2D eigenvalue weighted by Crippen LogP contribution is -2.34. The molecule has 82 valence electrons. The van der Waals surface area contributed by atoms with Gasteiger partial charge >= 0.3 is 0 Å². The molecular weight excluding hydrogens is 170 g/mol. The van der Waals surface area contributed by atoms with Gasteiger partial charge < -0.3 is 5.32 Å². The van der Waals surface area contributed by atoms with Crippen LogP contribution in [0.5, 0.6) is 0 Å². The van der Waals surface area contributed by atoms with Crippen molar-refractivity contribution >= 4 is 0 Å². The predicted molar refractivity (Wildman–Crippen MR) is 64.3 cm³/mol. The van der Waals surface area contributed by atoms with Crippen LogP contribution in [-0.4, -0.2) is 12.1 Å². The van der Waals surface area contributed by atoms with Gasteiger partial charge in [-0.15, -0.1) is 6.42 Å². The van der Waals surface area contributed by atoms with E-state index in [0.29, 0.717) is 6.04 Å². The molecule has 0 aromatic rings. The van der Waals surface area contributed by atoms with E-state index in [4.69, 9.17) is 6.42 Å². The van der Waals surface area contributed by atoms with Gasteiger partial charge in [-0.3, -0.25) is 0 Å². The fourth-order valence-electron chi connectivity index (χ4n) is 1.59. The molecule has 0 saturated heterocycles. The number of hydrogen-bond acceptors (Lipinski definition) is 1. The normalized spacial score (nSPS) is 14.7. The van der Waals surface area contributed by atoms with Gasteiger partial charge in [-0.1, -0.05) is 45.5 Å². The molecule has 0 aromatic carbocycles. The number of unbranched alkanes of at least 4 members (excludes halogenated alkanes) is 3. The highest BCUT2D eigenvalue weighted by Gasteiger charge is 2.06. The van der Waals surface area contributed by atoms with Gasteiger partial charge in [0.05, 0.1) is 6.04 Å². The molecule has 1 N–H and O–H groups in total. The molecule has 14 heavy (non-hydrogen) atoms. The summed E-state index contributed by atoms with van der Waals surface area (Å²) in [6, 6.07) is 0.823. The Morgan fingerprint density at radius 2 is 1.93 bits per heavy atom. The topological polar surface area (TPSA) is 12.0 Å². The van der Waals surface area contributed by atoms with Crippen LogP contribution in [0.25, 0.3) is 0 Å². The lowest BCUT2D eigenvalue weighted by atomic mass is 10.1. The molecule has 0 aromatic heterocycles. The quantitative estimate of drug-likeness (QED) is 0.462. The minimum absolute atomic E-state index is 0.260. The minimum Gasteiger partial charge on any atom is -0.301 e. The van der Waals surface area contributed by atoms with Crippen molar-refractivity contribution in [1.82, 2.24) is 5.32 Å². The van der Waals surface area contributed by atoms with E-state index in [1.807, 2.05) is 0 Å². The zero-order valence-corrected chi connectivity index (χ0v) is 9.97. The van der Waals surface area contributed by atoms with E-state index in [1.54, 1.807) is 0 Å². The van der Waals surface area contributed by atoms with E-state index in [0.717, 1.165) is 6.42 Å². The molecule has 0 bridgehead atoms. The first-order valence-electron chi connectivity index (χ1n) is 5.96. The summed E-state index contributed by atoms with van der Waals surface area (Å²) in [6.45, 7) is 6.60. The number of terminal acetylenes is 1. The summed E-state index contributed by atoms with van der Waals surface area (Å²) >= 11 is 0. The minimum atomic E-state index is 0.260. The van der Waals surface area contributed by atoms with Crippen molar-refractivity contribution in [3.63, 3.8) is 0 Å². The zero-order chi connectivity index (χ0) is 10.8. The summed E-state index contributed by atoms with van der Waals surface area (Å²) in [5, 5.41) is 3.46. The predicted octanol–water partition coefficient (Wildman–Crippen LogP) is 3.35. The number of nitrogens with one attached hydrogen (secondary N) is 1. The fourth-order valence-corrected chi connectivity index (χ4v) is 1.59. The van der Waals surface area contributed by atoms with Gasteiger partial charge in [0.25, 0.3) is 0 Å². The summed E-state index contributed by atoms with van der Waals surface area (Å²) in [5.74, 6) is 2.77. The second-order valence-electron chi connectivity index (χ2n) is 4.04. The third kappa shape index (κ3) is 6.97. The maximum Gasteiger partial charge on any atom is 0.0686 e. The van der Waals surface area contributed by atoms with Crippen molar-refractivity contribution in [1.29, 1.82) is 0 Å². The van der Waals surface area contributed by atoms with E-state index in [2.05, 4.69) is 32.0 Å². The van der Waals surface area contributed by atoms with Crippen LogP contribution < -0.4 is 5.32 Å². The molecule has 1 nitrogen and oxygen atoms in total. The van der Waals surface area contributed by atoms with Crippen LogP contribution in [0.2, 0.25) is 0 Å². The van der Waals surface area contributed by atoms with Crippen molar-refractivity contribution in [2.24, 2.45) is 0 Å². The highest BCUT2D eigenvalue weighted by Crippen LogP contribution is 2.06. The Morgan fingerprint density at radius 3 is 2.43 bits per heavy atom. The SMILES string of the molecule is C#CC(CC)NC(C)CCCCCC. The van der Waals surface area contributed by atoms with Crippen LogP contribution in [0.4, 0.5) is 0 Å².